The lowest BCUT2D eigenvalue weighted by Crippen LogP contribution is -2.32. The van der Waals surface area contributed by atoms with E-state index in [9.17, 15) is 14.4 Å². The van der Waals surface area contributed by atoms with E-state index in [1.807, 2.05) is 6.92 Å². The maximum absolute atomic E-state index is 12.1. The van der Waals surface area contributed by atoms with Gasteiger partial charge in [-0.3, -0.25) is 14.7 Å². The van der Waals surface area contributed by atoms with Gasteiger partial charge in [-0.05, 0) is 18.6 Å². The molecular weight excluding hydrogens is 274 g/mol. The second-order valence-electron chi connectivity index (χ2n) is 4.44. The van der Waals surface area contributed by atoms with Crippen molar-refractivity contribution in [2.75, 3.05) is 0 Å². The van der Waals surface area contributed by atoms with Gasteiger partial charge >= 0.3 is 5.97 Å². The molecule has 0 radical (unpaired) electrons. The van der Waals surface area contributed by atoms with E-state index in [2.05, 4.69) is 10.2 Å². The number of carbonyl (C=O) groups excluding carboxylic acids is 3. The highest BCUT2D eigenvalue weighted by molar-refractivity contribution is 6.21. The fourth-order valence-electron chi connectivity index (χ4n) is 2.14. The average molecular weight is 285 g/mol. The summed E-state index contributed by atoms with van der Waals surface area (Å²) in [6.45, 7) is 1.84. The summed E-state index contributed by atoms with van der Waals surface area (Å²) < 4.78 is 0. The summed E-state index contributed by atoms with van der Waals surface area (Å²) in [7, 11) is 0. The number of hydroxylamine groups is 2. The predicted octanol–water partition coefficient (Wildman–Crippen LogP) is 1.34. The van der Waals surface area contributed by atoms with Crippen molar-refractivity contribution < 1.29 is 19.2 Å². The first kappa shape index (κ1) is 13.0. The first-order chi connectivity index (χ1) is 10.1. The topological polar surface area (TPSA) is 92.4 Å². The molecule has 0 saturated carbocycles. The van der Waals surface area contributed by atoms with Gasteiger partial charge in [0.15, 0.2) is 0 Å². The van der Waals surface area contributed by atoms with E-state index in [1.54, 1.807) is 12.1 Å². The number of imide groups is 1. The van der Waals surface area contributed by atoms with Crippen LogP contribution in [0.1, 0.15) is 43.7 Å². The standard InChI is InChI=1S/C14H11N3O4/c1-2-11-10(7-15-16-11)14(20)21-17-12(18)8-5-3-4-6-9(8)13(17)19/h3-7H,2H2,1H3,(H,15,16). The van der Waals surface area contributed by atoms with E-state index in [1.165, 1.54) is 18.3 Å². The fourth-order valence-corrected chi connectivity index (χ4v) is 2.14. The Balaban J connectivity index is 1.86. The Hall–Kier alpha value is -2.96. The molecule has 0 aliphatic carbocycles. The van der Waals surface area contributed by atoms with Crippen LogP contribution >= 0.6 is 0 Å². The number of nitrogens with zero attached hydrogens (tertiary/aromatic N) is 2. The third kappa shape index (κ3) is 1.99. The molecule has 1 N–H and O–H groups in total. The van der Waals surface area contributed by atoms with Crippen molar-refractivity contribution in [1.82, 2.24) is 15.3 Å². The minimum atomic E-state index is -0.796. The van der Waals surface area contributed by atoms with Gasteiger partial charge in [-0.1, -0.05) is 24.1 Å². The van der Waals surface area contributed by atoms with Crippen molar-refractivity contribution in [1.29, 1.82) is 0 Å². The van der Waals surface area contributed by atoms with Gasteiger partial charge in [0, 0.05) is 5.69 Å². The van der Waals surface area contributed by atoms with Gasteiger partial charge in [0.05, 0.1) is 17.3 Å². The van der Waals surface area contributed by atoms with E-state index in [0.717, 1.165) is 0 Å². The van der Waals surface area contributed by atoms with Crippen LogP contribution in [0.3, 0.4) is 0 Å². The fraction of sp³-hybridized carbons (Fsp3) is 0.143. The van der Waals surface area contributed by atoms with Crippen LogP contribution in [0.5, 0.6) is 0 Å². The molecule has 2 aromatic rings. The molecule has 1 aliphatic rings. The molecule has 21 heavy (non-hydrogen) atoms. The molecule has 0 unspecified atom stereocenters. The number of amides is 2. The largest absolute Gasteiger partial charge is 0.367 e. The number of hydrogen-bond acceptors (Lipinski definition) is 5. The first-order valence-electron chi connectivity index (χ1n) is 6.35. The molecular formula is C14H11N3O4. The minimum Gasteiger partial charge on any atom is -0.324 e. The van der Waals surface area contributed by atoms with Crippen molar-refractivity contribution in [3.63, 3.8) is 0 Å². The molecule has 1 aromatic heterocycles. The van der Waals surface area contributed by atoms with Crippen LogP contribution in [0, 0.1) is 0 Å². The van der Waals surface area contributed by atoms with Gasteiger partial charge in [0.2, 0.25) is 0 Å². The lowest BCUT2D eigenvalue weighted by atomic mass is 10.1. The van der Waals surface area contributed by atoms with Gasteiger partial charge in [-0.2, -0.15) is 5.10 Å². The van der Waals surface area contributed by atoms with Crippen molar-refractivity contribution in [3.8, 4) is 0 Å². The van der Waals surface area contributed by atoms with E-state index >= 15 is 0 Å². The zero-order valence-corrected chi connectivity index (χ0v) is 11.1. The predicted molar refractivity (Wildman–Crippen MR) is 70.3 cm³/mol. The number of hydrogen-bond donors (Lipinski definition) is 1. The summed E-state index contributed by atoms with van der Waals surface area (Å²) in [6.07, 6.45) is 1.85. The smallest absolute Gasteiger partial charge is 0.324 e. The zero-order valence-electron chi connectivity index (χ0n) is 11.1. The molecule has 2 amide bonds. The molecule has 0 spiro atoms. The van der Waals surface area contributed by atoms with Crippen molar-refractivity contribution in [3.05, 3.63) is 52.8 Å². The number of carbonyl (C=O) groups is 3. The molecule has 0 bridgehead atoms. The Kier molecular flexibility index (Phi) is 3.02. The quantitative estimate of drug-likeness (QED) is 0.859. The molecule has 7 nitrogen and oxygen atoms in total. The molecule has 1 aromatic carbocycles. The normalized spacial score (nSPS) is 13.5. The second kappa shape index (κ2) is 4.86. The summed E-state index contributed by atoms with van der Waals surface area (Å²) in [6, 6.07) is 6.30. The first-order valence-corrected chi connectivity index (χ1v) is 6.35. The van der Waals surface area contributed by atoms with Gasteiger partial charge in [-0.15, -0.1) is 0 Å². The van der Waals surface area contributed by atoms with Gasteiger partial charge in [0.1, 0.15) is 5.56 Å². The van der Waals surface area contributed by atoms with Crippen molar-refractivity contribution in [2.45, 2.75) is 13.3 Å². The molecule has 2 heterocycles. The van der Waals surface area contributed by atoms with Crippen molar-refractivity contribution in [2.24, 2.45) is 0 Å². The molecule has 3 rings (SSSR count). The van der Waals surface area contributed by atoms with Crippen LogP contribution in [0.2, 0.25) is 0 Å². The third-order valence-electron chi connectivity index (χ3n) is 3.22. The molecule has 0 atom stereocenters. The Labute approximate surface area is 119 Å². The van der Waals surface area contributed by atoms with Gasteiger partial charge < -0.3 is 4.84 Å². The maximum atomic E-state index is 12.1. The van der Waals surface area contributed by atoms with Gasteiger partial charge in [-0.25, -0.2) is 4.79 Å². The Bertz CT molecular complexity index is 715. The number of H-pyrrole nitrogens is 1. The maximum Gasteiger partial charge on any atom is 0.367 e. The number of aryl methyl sites for hydroxylation is 1. The summed E-state index contributed by atoms with van der Waals surface area (Å²) in [5.74, 6) is -2.09. The van der Waals surface area contributed by atoms with E-state index in [0.29, 0.717) is 17.2 Å². The SMILES string of the molecule is CCc1[nH]ncc1C(=O)ON1C(=O)c2ccccc2C1=O. The monoisotopic (exact) mass is 285 g/mol. The summed E-state index contributed by atoms with van der Waals surface area (Å²) in [4.78, 5) is 41.1. The molecule has 1 aliphatic heterocycles. The van der Waals surface area contributed by atoms with Gasteiger partial charge in [0.25, 0.3) is 11.8 Å². The lowest BCUT2D eigenvalue weighted by molar-refractivity contribution is -0.0585. The number of benzene rings is 1. The highest BCUT2D eigenvalue weighted by Gasteiger charge is 2.39. The molecule has 106 valence electrons. The summed E-state index contributed by atoms with van der Waals surface area (Å²) in [5, 5.41) is 6.90. The van der Waals surface area contributed by atoms with E-state index in [-0.39, 0.29) is 16.7 Å². The molecule has 0 fully saturated rings. The number of fused-ring (bicyclic) bond motifs is 1. The zero-order chi connectivity index (χ0) is 15.0. The van der Waals surface area contributed by atoms with Crippen LogP contribution in [-0.2, 0) is 11.3 Å². The summed E-state index contributed by atoms with van der Waals surface area (Å²) >= 11 is 0. The van der Waals surface area contributed by atoms with Crippen LogP contribution in [0.25, 0.3) is 0 Å². The number of rotatable bonds is 3. The van der Waals surface area contributed by atoms with E-state index in [4.69, 9.17) is 4.84 Å². The Morgan fingerprint density at radius 2 is 1.86 bits per heavy atom. The Morgan fingerprint density at radius 1 is 1.24 bits per heavy atom. The van der Waals surface area contributed by atoms with Crippen LogP contribution < -0.4 is 0 Å². The van der Waals surface area contributed by atoms with Crippen LogP contribution in [-0.4, -0.2) is 33.0 Å². The van der Waals surface area contributed by atoms with Crippen LogP contribution in [0.15, 0.2) is 30.5 Å². The molecule has 7 heteroatoms. The van der Waals surface area contributed by atoms with Crippen molar-refractivity contribution >= 4 is 17.8 Å². The Morgan fingerprint density at radius 3 is 2.43 bits per heavy atom. The highest BCUT2D eigenvalue weighted by Crippen LogP contribution is 2.23. The average Bonchev–Trinajstić information content (AvgIpc) is 3.07. The molecule has 0 saturated heterocycles. The lowest BCUT2D eigenvalue weighted by Gasteiger charge is -2.12. The number of aromatic nitrogens is 2. The highest BCUT2D eigenvalue weighted by atomic mass is 16.7. The summed E-state index contributed by atoms with van der Waals surface area (Å²) in [5.41, 5.74) is 1.22. The number of aromatic amines is 1. The minimum absolute atomic E-state index is 0.203. The van der Waals surface area contributed by atoms with Crippen LogP contribution in [0.4, 0.5) is 0 Å². The second-order valence-corrected chi connectivity index (χ2v) is 4.44. The van der Waals surface area contributed by atoms with E-state index < -0.39 is 17.8 Å². The third-order valence-corrected chi connectivity index (χ3v) is 3.22. The number of nitrogens with one attached hydrogen (secondary N) is 1.